The highest BCUT2D eigenvalue weighted by Gasteiger charge is 2.41. The van der Waals surface area contributed by atoms with Gasteiger partial charge in [-0.15, -0.1) is 11.6 Å². The van der Waals surface area contributed by atoms with Gasteiger partial charge in [0, 0.05) is 19.1 Å². The molecule has 1 aliphatic rings. The van der Waals surface area contributed by atoms with Crippen LogP contribution in [0.5, 0.6) is 0 Å². The summed E-state index contributed by atoms with van der Waals surface area (Å²) in [6, 6.07) is 2.09. The van der Waals surface area contributed by atoms with E-state index in [0.29, 0.717) is 0 Å². The second kappa shape index (κ2) is 3.58. The predicted octanol–water partition coefficient (Wildman–Crippen LogP) is 2.62. The van der Waals surface area contributed by atoms with Gasteiger partial charge < -0.3 is 0 Å². The van der Waals surface area contributed by atoms with Crippen LogP contribution in [0.1, 0.15) is 25.5 Å². The highest BCUT2D eigenvalue weighted by atomic mass is 35.5. The van der Waals surface area contributed by atoms with Crippen molar-refractivity contribution in [2.45, 2.75) is 26.2 Å². The van der Waals surface area contributed by atoms with Crippen molar-refractivity contribution < 1.29 is 0 Å². The van der Waals surface area contributed by atoms with Gasteiger partial charge in [0.2, 0.25) is 0 Å². The maximum absolute atomic E-state index is 6.07. The van der Waals surface area contributed by atoms with Gasteiger partial charge in [0.15, 0.2) is 0 Å². The van der Waals surface area contributed by atoms with Crippen LogP contribution in [0.2, 0.25) is 0 Å². The molecular weight excluding hydrogens is 196 g/mol. The molecule has 1 aliphatic carbocycles. The number of aromatic nitrogens is 2. The summed E-state index contributed by atoms with van der Waals surface area (Å²) in [4.78, 5) is 0. The normalized spacial score (nSPS) is 20.8. The molecule has 14 heavy (non-hydrogen) atoms. The second-order valence-electron chi connectivity index (χ2n) is 4.72. The van der Waals surface area contributed by atoms with Gasteiger partial charge >= 0.3 is 0 Å². The summed E-state index contributed by atoms with van der Waals surface area (Å²) in [7, 11) is 1.96. The lowest BCUT2D eigenvalue weighted by molar-refractivity contribution is 0.309. The van der Waals surface area contributed by atoms with Gasteiger partial charge in [-0.05, 0) is 36.7 Å². The molecule has 0 spiro atoms. The lowest BCUT2D eigenvalue weighted by Gasteiger charge is -2.25. The van der Waals surface area contributed by atoms with E-state index in [2.05, 4.69) is 18.1 Å². The van der Waals surface area contributed by atoms with Gasteiger partial charge in [-0.25, -0.2) is 0 Å². The molecule has 1 atom stereocenters. The van der Waals surface area contributed by atoms with Crippen LogP contribution in [0, 0.1) is 11.3 Å². The van der Waals surface area contributed by atoms with Crippen molar-refractivity contribution in [1.82, 2.24) is 9.78 Å². The summed E-state index contributed by atoms with van der Waals surface area (Å²) in [5, 5.41) is 4.41. The zero-order valence-electron chi connectivity index (χ0n) is 8.83. The largest absolute Gasteiger partial charge is 0.276 e. The molecule has 0 aliphatic heterocycles. The number of hydrogen-bond donors (Lipinski definition) is 0. The molecule has 1 aromatic rings. The SMILES string of the molecule is Cn1ccc(CC(C)(CCl)C2CC2)n1. The van der Waals surface area contributed by atoms with E-state index in [1.54, 1.807) is 0 Å². The molecule has 0 amide bonds. The van der Waals surface area contributed by atoms with E-state index in [4.69, 9.17) is 11.6 Å². The molecule has 78 valence electrons. The van der Waals surface area contributed by atoms with Gasteiger partial charge in [0.25, 0.3) is 0 Å². The third-order valence-corrected chi connectivity index (χ3v) is 3.83. The Morgan fingerprint density at radius 3 is 2.79 bits per heavy atom. The molecular formula is C11H17ClN2. The van der Waals surface area contributed by atoms with Crippen LogP contribution in [0.4, 0.5) is 0 Å². The first kappa shape index (κ1) is 10.0. The fourth-order valence-corrected chi connectivity index (χ4v) is 2.36. The smallest absolute Gasteiger partial charge is 0.0630 e. The molecule has 1 heterocycles. The molecule has 0 saturated heterocycles. The minimum absolute atomic E-state index is 0.260. The van der Waals surface area contributed by atoms with Crippen LogP contribution >= 0.6 is 11.6 Å². The Balaban J connectivity index is 2.07. The first-order valence-electron chi connectivity index (χ1n) is 5.18. The number of halogens is 1. The van der Waals surface area contributed by atoms with Crippen LogP contribution in [0.3, 0.4) is 0 Å². The number of alkyl halides is 1. The zero-order chi connectivity index (χ0) is 10.2. The standard InChI is InChI=1S/C11H17ClN2/c1-11(8-12,9-3-4-9)7-10-5-6-14(2)13-10/h5-6,9H,3-4,7-8H2,1-2H3. The topological polar surface area (TPSA) is 17.8 Å². The van der Waals surface area contributed by atoms with Gasteiger partial charge in [-0.1, -0.05) is 6.92 Å². The minimum Gasteiger partial charge on any atom is -0.276 e. The van der Waals surface area contributed by atoms with E-state index >= 15 is 0 Å². The molecule has 1 unspecified atom stereocenters. The Morgan fingerprint density at radius 2 is 2.36 bits per heavy atom. The van der Waals surface area contributed by atoms with Crippen molar-refractivity contribution in [2.24, 2.45) is 18.4 Å². The molecule has 0 bridgehead atoms. The molecule has 1 aromatic heterocycles. The molecule has 3 heteroatoms. The van der Waals surface area contributed by atoms with E-state index in [1.807, 2.05) is 17.9 Å². The molecule has 0 aromatic carbocycles. The average Bonchev–Trinajstić information content (AvgIpc) is 2.93. The first-order chi connectivity index (χ1) is 6.64. The molecule has 2 nitrogen and oxygen atoms in total. The maximum Gasteiger partial charge on any atom is 0.0630 e. The summed E-state index contributed by atoms with van der Waals surface area (Å²) < 4.78 is 1.86. The quantitative estimate of drug-likeness (QED) is 0.702. The Kier molecular flexibility index (Phi) is 2.56. The van der Waals surface area contributed by atoms with Crippen molar-refractivity contribution in [3.8, 4) is 0 Å². The molecule has 1 saturated carbocycles. The highest BCUT2D eigenvalue weighted by Crippen LogP contribution is 2.47. The van der Waals surface area contributed by atoms with Crippen LogP contribution in [0.25, 0.3) is 0 Å². The summed E-state index contributed by atoms with van der Waals surface area (Å²) in [5.74, 6) is 1.57. The third-order valence-electron chi connectivity index (χ3n) is 3.22. The van der Waals surface area contributed by atoms with Gasteiger partial charge in [0.1, 0.15) is 0 Å². The Morgan fingerprint density at radius 1 is 1.64 bits per heavy atom. The lowest BCUT2D eigenvalue weighted by Crippen LogP contribution is -2.24. The summed E-state index contributed by atoms with van der Waals surface area (Å²) >= 11 is 6.07. The minimum atomic E-state index is 0.260. The van der Waals surface area contributed by atoms with E-state index in [1.165, 1.54) is 18.5 Å². The van der Waals surface area contributed by atoms with E-state index in [9.17, 15) is 0 Å². The second-order valence-corrected chi connectivity index (χ2v) is 4.99. The van der Waals surface area contributed by atoms with Crippen LogP contribution in [-0.4, -0.2) is 15.7 Å². The maximum atomic E-state index is 6.07. The van der Waals surface area contributed by atoms with E-state index < -0.39 is 0 Å². The zero-order valence-corrected chi connectivity index (χ0v) is 9.59. The third kappa shape index (κ3) is 1.95. The number of aryl methyl sites for hydroxylation is 1. The summed E-state index contributed by atoms with van der Waals surface area (Å²) in [5.41, 5.74) is 1.43. The van der Waals surface area contributed by atoms with Gasteiger partial charge in [-0.3, -0.25) is 4.68 Å². The average molecular weight is 213 g/mol. The van der Waals surface area contributed by atoms with Gasteiger partial charge in [-0.2, -0.15) is 5.10 Å². The van der Waals surface area contributed by atoms with Gasteiger partial charge in [0.05, 0.1) is 5.69 Å². The Labute approximate surface area is 90.3 Å². The monoisotopic (exact) mass is 212 g/mol. The van der Waals surface area contributed by atoms with Crippen molar-refractivity contribution in [3.63, 3.8) is 0 Å². The van der Waals surface area contributed by atoms with Crippen LogP contribution in [-0.2, 0) is 13.5 Å². The predicted molar refractivity (Wildman–Crippen MR) is 58.5 cm³/mol. The van der Waals surface area contributed by atoms with Crippen molar-refractivity contribution in [3.05, 3.63) is 18.0 Å². The van der Waals surface area contributed by atoms with Crippen molar-refractivity contribution in [1.29, 1.82) is 0 Å². The molecule has 0 radical (unpaired) electrons. The molecule has 1 fully saturated rings. The first-order valence-corrected chi connectivity index (χ1v) is 5.72. The lowest BCUT2D eigenvalue weighted by atomic mass is 9.82. The number of hydrogen-bond acceptors (Lipinski definition) is 1. The Hall–Kier alpha value is -0.500. The Bertz CT molecular complexity index is 317. The number of nitrogens with zero attached hydrogens (tertiary/aromatic N) is 2. The molecule has 2 rings (SSSR count). The van der Waals surface area contributed by atoms with Crippen molar-refractivity contribution >= 4 is 11.6 Å². The van der Waals surface area contributed by atoms with E-state index in [0.717, 1.165) is 18.2 Å². The van der Waals surface area contributed by atoms with E-state index in [-0.39, 0.29) is 5.41 Å². The van der Waals surface area contributed by atoms with Crippen LogP contribution < -0.4 is 0 Å². The van der Waals surface area contributed by atoms with Crippen LogP contribution in [0.15, 0.2) is 12.3 Å². The highest BCUT2D eigenvalue weighted by molar-refractivity contribution is 6.18. The number of rotatable bonds is 4. The summed E-state index contributed by atoms with van der Waals surface area (Å²) in [6.45, 7) is 2.28. The van der Waals surface area contributed by atoms with Crippen molar-refractivity contribution in [2.75, 3.05) is 5.88 Å². The fourth-order valence-electron chi connectivity index (χ4n) is 2.05. The fraction of sp³-hybridized carbons (Fsp3) is 0.727. The summed E-state index contributed by atoms with van der Waals surface area (Å²) in [6.07, 6.45) is 5.70. The molecule has 0 N–H and O–H groups in total.